The third-order valence-electron chi connectivity index (χ3n) is 6.93. The topological polar surface area (TPSA) is 188 Å². The molecular formula is C31H43N3O11. The first-order chi connectivity index (χ1) is 21.2. The Morgan fingerprint density at radius 2 is 1.64 bits per heavy atom. The summed E-state index contributed by atoms with van der Waals surface area (Å²) in [5, 5.41) is 42.2. The third kappa shape index (κ3) is 10.7. The molecule has 1 aliphatic rings. The van der Waals surface area contributed by atoms with E-state index >= 15 is 0 Å². The van der Waals surface area contributed by atoms with Gasteiger partial charge in [-0.2, -0.15) is 0 Å². The Morgan fingerprint density at radius 1 is 0.956 bits per heavy atom. The number of amides is 2. The SMILES string of the molecule is CC(=O)Nc1cc(COC(=O)N(CCN(C)C)COC(C)(C)Cc2ccccc2)ccc1O[C@H]1OC(C(=O)O)C(O)[C@H](O)C1O. The van der Waals surface area contributed by atoms with Crippen molar-refractivity contribution in [2.75, 3.05) is 39.2 Å². The van der Waals surface area contributed by atoms with Crippen molar-refractivity contribution in [2.45, 2.75) is 70.1 Å². The maximum Gasteiger partial charge on any atom is 0.411 e. The first-order valence-corrected chi connectivity index (χ1v) is 14.4. The predicted octanol–water partition coefficient (Wildman–Crippen LogP) is 1.41. The molecule has 45 heavy (non-hydrogen) atoms. The summed E-state index contributed by atoms with van der Waals surface area (Å²) in [4.78, 5) is 39.9. The summed E-state index contributed by atoms with van der Waals surface area (Å²) in [7, 11) is 3.78. The van der Waals surface area contributed by atoms with Crippen LogP contribution in [0, 0.1) is 0 Å². The quantitative estimate of drug-likeness (QED) is 0.189. The number of carboxylic acid groups (broad SMARTS) is 1. The van der Waals surface area contributed by atoms with E-state index in [1.807, 2.05) is 63.2 Å². The van der Waals surface area contributed by atoms with Crippen LogP contribution in [0.3, 0.4) is 0 Å². The van der Waals surface area contributed by atoms with Gasteiger partial charge in [0.1, 0.15) is 37.4 Å². The molecule has 1 fully saturated rings. The van der Waals surface area contributed by atoms with E-state index in [-0.39, 0.29) is 24.8 Å². The molecule has 1 aliphatic heterocycles. The minimum Gasteiger partial charge on any atom is -0.479 e. The van der Waals surface area contributed by atoms with Crippen molar-refractivity contribution in [3.63, 3.8) is 0 Å². The van der Waals surface area contributed by atoms with Gasteiger partial charge in [0.2, 0.25) is 12.2 Å². The van der Waals surface area contributed by atoms with Crippen LogP contribution in [0.25, 0.3) is 0 Å². The molecule has 2 aromatic rings. The average molecular weight is 634 g/mol. The summed E-state index contributed by atoms with van der Waals surface area (Å²) < 4.78 is 22.5. The number of carbonyl (C=O) groups excluding carboxylic acids is 2. The van der Waals surface area contributed by atoms with Gasteiger partial charge in [0, 0.05) is 26.4 Å². The van der Waals surface area contributed by atoms with E-state index in [0.717, 1.165) is 5.56 Å². The van der Waals surface area contributed by atoms with Crippen molar-refractivity contribution < 1.29 is 53.8 Å². The van der Waals surface area contributed by atoms with Crippen LogP contribution >= 0.6 is 0 Å². The molecule has 14 heteroatoms. The molecule has 0 aromatic heterocycles. The van der Waals surface area contributed by atoms with Crippen molar-refractivity contribution in [3.05, 3.63) is 59.7 Å². The number of aliphatic carboxylic acids is 1. The lowest BCUT2D eigenvalue weighted by molar-refractivity contribution is -0.271. The number of aliphatic hydroxyl groups is 3. The van der Waals surface area contributed by atoms with Gasteiger partial charge in [-0.3, -0.25) is 9.69 Å². The van der Waals surface area contributed by atoms with Crippen LogP contribution in [0.4, 0.5) is 10.5 Å². The van der Waals surface area contributed by atoms with E-state index in [9.17, 15) is 34.8 Å². The smallest absolute Gasteiger partial charge is 0.411 e. The molecular weight excluding hydrogens is 590 g/mol. The minimum atomic E-state index is -1.89. The van der Waals surface area contributed by atoms with Gasteiger partial charge in [-0.25, -0.2) is 9.59 Å². The molecule has 2 aromatic carbocycles. The van der Waals surface area contributed by atoms with E-state index in [4.69, 9.17) is 18.9 Å². The third-order valence-corrected chi connectivity index (χ3v) is 6.93. The second-order valence-corrected chi connectivity index (χ2v) is 11.7. The van der Waals surface area contributed by atoms with E-state index < -0.39 is 54.3 Å². The van der Waals surface area contributed by atoms with Gasteiger partial charge in [-0.15, -0.1) is 0 Å². The number of carbonyl (C=O) groups is 3. The van der Waals surface area contributed by atoms with Crippen LogP contribution in [0.2, 0.25) is 0 Å². The summed E-state index contributed by atoms with van der Waals surface area (Å²) in [6.07, 6.45) is -9.06. The molecule has 5 atom stereocenters. The Kier molecular flexibility index (Phi) is 12.7. The second-order valence-electron chi connectivity index (χ2n) is 11.7. The number of benzene rings is 2. The molecule has 248 valence electrons. The number of nitrogens with zero attached hydrogens (tertiary/aromatic N) is 2. The Hall–Kier alpha value is -3.79. The lowest BCUT2D eigenvalue weighted by atomic mass is 9.98. The summed E-state index contributed by atoms with van der Waals surface area (Å²) in [6, 6.07) is 14.3. The summed E-state index contributed by atoms with van der Waals surface area (Å²) >= 11 is 0. The first kappa shape index (κ1) is 35.7. The molecule has 0 saturated carbocycles. The number of anilines is 1. The van der Waals surface area contributed by atoms with Gasteiger partial charge in [0.15, 0.2) is 6.10 Å². The van der Waals surface area contributed by atoms with Crippen LogP contribution in [0.15, 0.2) is 48.5 Å². The minimum absolute atomic E-state index is 0.00196. The zero-order chi connectivity index (χ0) is 33.3. The number of nitrogens with one attached hydrogen (secondary N) is 1. The lowest BCUT2D eigenvalue weighted by Crippen LogP contribution is -2.61. The molecule has 3 rings (SSSR count). The normalized spacial score (nSPS) is 21.7. The van der Waals surface area contributed by atoms with Crippen LogP contribution in [-0.4, -0.2) is 118 Å². The molecule has 2 amide bonds. The number of aliphatic hydroxyl groups excluding tert-OH is 3. The number of ether oxygens (including phenoxy) is 4. The van der Waals surface area contributed by atoms with E-state index in [1.165, 1.54) is 30.0 Å². The van der Waals surface area contributed by atoms with Gasteiger partial charge in [0.25, 0.3) is 0 Å². The fraction of sp³-hybridized carbons (Fsp3) is 0.516. The molecule has 1 heterocycles. The predicted molar refractivity (Wildman–Crippen MR) is 161 cm³/mol. The van der Waals surface area contributed by atoms with E-state index in [1.54, 1.807) is 0 Å². The molecule has 1 saturated heterocycles. The summed E-state index contributed by atoms with van der Waals surface area (Å²) in [5.74, 6) is -2.06. The van der Waals surface area contributed by atoms with Crippen LogP contribution < -0.4 is 10.1 Å². The van der Waals surface area contributed by atoms with Gasteiger partial charge in [-0.05, 0) is 51.2 Å². The number of likely N-dealkylation sites (N-methyl/N-ethyl adjacent to an activating group) is 1. The maximum atomic E-state index is 13.2. The maximum absolute atomic E-state index is 13.2. The van der Waals surface area contributed by atoms with Crippen LogP contribution in [-0.2, 0) is 36.8 Å². The highest BCUT2D eigenvalue weighted by molar-refractivity contribution is 5.90. The highest BCUT2D eigenvalue weighted by atomic mass is 16.7. The first-order valence-electron chi connectivity index (χ1n) is 14.4. The standard InChI is InChI=1S/C31H43N3O11/c1-19(35)32-22-15-21(11-12-23(22)44-29-26(38)24(36)25(37)27(45-29)28(39)40)17-42-30(41)34(14-13-33(4)5)18-43-31(2,3)16-20-9-7-6-8-10-20/h6-12,15,24-27,29,36-38H,13-14,16-18H2,1-5H3,(H,32,35)(H,39,40)/t24-,25?,26?,27?,29-/m0/s1. The number of hydrogen-bond donors (Lipinski definition) is 5. The number of carboxylic acids is 1. The van der Waals surface area contributed by atoms with Gasteiger partial charge in [-0.1, -0.05) is 36.4 Å². The molecule has 0 bridgehead atoms. The van der Waals surface area contributed by atoms with Gasteiger partial charge in [0.05, 0.1) is 11.3 Å². The van der Waals surface area contributed by atoms with E-state index in [2.05, 4.69) is 5.32 Å². The molecule has 0 radical (unpaired) electrons. The van der Waals surface area contributed by atoms with Crippen molar-refractivity contribution >= 4 is 23.7 Å². The lowest BCUT2D eigenvalue weighted by Gasteiger charge is -2.38. The molecule has 14 nitrogen and oxygen atoms in total. The Bertz CT molecular complexity index is 1290. The van der Waals surface area contributed by atoms with E-state index in [0.29, 0.717) is 25.1 Å². The molecule has 0 spiro atoms. The average Bonchev–Trinajstić information content (AvgIpc) is 2.96. The Morgan fingerprint density at radius 3 is 2.27 bits per heavy atom. The molecule has 5 N–H and O–H groups in total. The van der Waals surface area contributed by atoms with Crippen LogP contribution in [0.1, 0.15) is 31.9 Å². The van der Waals surface area contributed by atoms with Crippen molar-refractivity contribution in [1.29, 1.82) is 0 Å². The highest BCUT2D eigenvalue weighted by Gasteiger charge is 2.48. The fourth-order valence-corrected chi connectivity index (χ4v) is 4.49. The van der Waals surface area contributed by atoms with Gasteiger partial charge < -0.3 is 49.6 Å². The molecule has 3 unspecified atom stereocenters. The second kappa shape index (κ2) is 16.0. The fourth-order valence-electron chi connectivity index (χ4n) is 4.49. The van der Waals surface area contributed by atoms with Crippen LogP contribution in [0.5, 0.6) is 5.75 Å². The van der Waals surface area contributed by atoms with Crippen molar-refractivity contribution in [2.24, 2.45) is 0 Å². The Labute approximate surface area is 262 Å². The highest BCUT2D eigenvalue weighted by Crippen LogP contribution is 2.31. The monoisotopic (exact) mass is 633 g/mol. The summed E-state index contributed by atoms with van der Waals surface area (Å²) in [5.41, 5.74) is 1.12. The Balaban J connectivity index is 1.69. The van der Waals surface area contributed by atoms with Crippen molar-refractivity contribution in [3.8, 4) is 5.75 Å². The largest absolute Gasteiger partial charge is 0.479 e. The number of hydrogen-bond acceptors (Lipinski definition) is 11. The van der Waals surface area contributed by atoms with Crippen molar-refractivity contribution in [1.82, 2.24) is 9.80 Å². The zero-order valence-corrected chi connectivity index (χ0v) is 26.1. The van der Waals surface area contributed by atoms with Gasteiger partial charge >= 0.3 is 12.1 Å². The number of rotatable bonds is 14. The zero-order valence-electron chi connectivity index (χ0n) is 26.1. The summed E-state index contributed by atoms with van der Waals surface area (Å²) in [6.45, 7) is 5.89. The molecule has 0 aliphatic carbocycles.